The highest BCUT2D eigenvalue weighted by Gasteiger charge is 2.33. The molecule has 0 aromatic heterocycles. The van der Waals surface area contributed by atoms with Crippen molar-refractivity contribution in [3.05, 3.63) is 113 Å². The number of guanidine groups is 1. The van der Waals surface area contributed by atoms with Gasteiger partial charge in [0.1, 0.15) is 0 Å². The highest BCUT2D eigenvalue weighted by Crippen LogP contribution is 2.29. The van der Waals surface area contributed by atoms with E-state index in [2.05, 4.69) is 39.9 Å². The van der Waals surface area contributed by atoms with Crippen LogP contribution in [0.15, 0.2) is 96.0 Å². The van der Waals surface area contributed by atoms with Gasteiger partial charge in [-0.2, -0.15) is 13.2 Å². The smallest absolute Gasteiger partial charge is 0.370 e. The normalized spacial score (nSPS) is 17.3. The van der Waals surface area contributed by atoms with Gasteiger partial charge in [0.2, 0.25) is 11.8 Å². The molecule has 1 fully saturated rings. The van der Waals surface area contributed by atoms with Crippen molar-refractivity contribution in [3.8, 4) is 0 Å². The van der Waals surface area contributed by atoms with Gasteiger partial charge >= 0.3 is 6.18 Å². The van der Waals surface area contributed by atoms with Gasteiger partial charge in [0.05, 0.1) is 11.6 Å². The highest BCUT2D eigenvalue weighted by atomic mass is 19.4. The van der Waals surface area contributed by atoms with Gasteiger partial charge in [-0.05, 0) is 54.2 Å². The number of nitrogens with two attached hydrogens (primary N) is 2. The predicted molar refractivity (Wildman–Crippen MR) is 170 cm³/mol. The molecule has 0 radical (unpaired) electrons. The van der Waals surface area contributed by atoms with E-state index in [1.54, 1.807) is 0 Å². The van der Waals surface area contributed by atoms with E-state index >= 15 is 0 Å². The molecule has 4 rings (SSSR count). The summed E-state index contributed by atoms with van der Waals surface area (Å²) in [5, 5.41) is 6.30. The van der Waals surface area contributed by atoms with Gasteiger partial charge in [-0.15, -0.1) is 0 Å². The largest absolute Gasteiger partial charge is 0.416 e. The maximum atomic E-state index is 13.9. The average Bonchev–Trinajstić information content (AvgIpc) is 3.18. The van der Waals surface area contributed by atoms with Crippen molar-refractivity contribution in [2.45, 2.75) is 43.4 Å². The van der Waals surface area contributed by atoms with Crippen molar-refractivity contribution in [3.63, 3.8) is 0 Å². The zero-order valence-corrected chi connectivity index (χ0v) is 24.9. The number of alkyl halides is 3. The third-order valence-electron chi connectivity index (χ3n) is 7.73. The lowest BCUT2D eigenvalue weighted by Crippen LogP contribution is -2.49. The average molecular weight is 621 g/mol. The van der Waals surface area contributed by atoms with Gasteiger partial charge in [0.15, 0.2) is 5.96 Å². The van der Waals surface area contributed by atoms with Crippen LogP contribution in [0.25, 0.3) is 6.08 Å². The van der Waals surface area contributed by atoms with Crippen molar-refractivity contribution < 1.29 is 22.8 Å². The van der Waals surface area contributed by atoms with Crippen LogP contribution in [0.4, 0.5) is 13.2 Å². The summed E-state index contributed by atoms with van der Waals surface area (Å²) in [7, 11) is 0. The molecule has 2 atom stereocenters. The third kappa shape index (κ3) is 10.2. The number of hydrogen-bond donors (Lipinski definition) is 4. The van der Waals surface area contributed by atoms with Crippen LogP contribution in [0.1, 0.15) is 47.4 Å². The number of carbonyl (C=O) groups is 2. The lowest BCUT2D eigenvalue weighted by Gasteiger charge is -2.29. The summed E-state index contributed by atoms with van der Waals surface area (Å²) in [6, 6.07) is 24.1. The highest BCUT2D eigenvalue weighted by molar-refractivity contribution is 5.91. The van der Waals surface area contributed by atoms with Gasteiger partial charge in [0, 0.05) is 44.2 Å². The van der Waals surface area contributed by atoms with Crippen molar-refractivity contribution in [1.82, 2.24) is 15.5 Å². The molecule has 3 aromatic rings. The molecule has 238 valence electrons. The Bertz CT molecular complexity index is 1400. The Hall–Kier alpha value is -4.64. The number of carbonyl (C=O) groups excluding carboxylic acids is 2. The van der Waals surface area contributed by atoms with Crippen molar-refractivity contribution in [2.24, 2.45) is 16.5 Å². The number of amides is 2. The van der Waals surface area contributed by atoms with Gasteiger partial charge in [-0.3, -0.25) is 14.6 Å². The maximum Gasteiger partial charge on any atom is 0.416 e. The Balaban J connectivity index is 1.44. The molecule has 0 unspecified atom stereocenters. The molecular formula is C34H39F3N6O2. The zero-order valence-electron chi connectivity index (χ0n) is 24.9. The summed E-state index contributed by atoms with van der Waals surface area (Å²) in [5.41, 5.74) is 12.9. The van der Waals surface area contributed by atoms with E-state index in [-0.39, 0.29) is 36.3 Å². The molecule has 6 N–H and O–H groups in total. The van der Waals surface area contributed by atoms with Crippen LogP contribution in [0, 0.1) is 0 Å². The molecule has 0 bridgehead atoms. The number of aliphatic imine (C=N–C) groups is 1. The topological polar surface area (TPSA) is 126 Å². The number of halogens is 3. The van der Waals surface area contributed by atoms with Gasteiger partial charge in [-0.1, -0.05) is 72.8 Å². The predicted octanol–water partition coefficient (Wildman–Crippen LogP) is 4.28. The molecule has 1 saturated heterocycles. The number of nitrogens with one attached hydrogen (secondary N) is 2. The van der Waals surface area contributed by atoms with E-state index in [1.165, 1.54) is 24.3 Å². The number of nitrogens with zero attached hydrogens (tertiary/aromatic N) is 2. The van der Waals surface area contributed by atoms with Crippen LogP contribution in [0.2, 0.25) is 0 Å². The number of hydrogen-bond acceptors (Lipinski definition) is 4. The molecular weight excluding hydrogens is 581 g/mol. The van der Waals surface area contributed by atoms with Crippen molar-refractivity contribution >= 4 is 23.8 Å². The van der Waals surface area contributed by atoms with E-state index in [0.717, 1.165) is 23.3 Å². The summed E-state index contributed by atoms with van der Waals surface area (Å²) in [6.07, 6.45) is 0.0237. The Kier molecular flexibility index (Phi) is 11.7. The first-order chi connectivity index (χ1) is 21.6. The Morgan fingerprint density at radius 3 is 2.20 bits per heavy atom. The SMILES string of the molecule is NC(N)=NCCC[C@@H]1N[C@H](CNC(=O)C=Cc2ccc(C(F)(F)F)cc2)CCN(CC(c2ccccc2)c2ccccc2)C1=O. The first-order valence-electron chi connectivity index (χ1n) is 14.9. The summed E-state index contributed by atoms with van der Waals surface area (Å²) >= 11 is 0. The Labute approximate surface area is 261 Å². The molecule has 0 spiro atoms. The minimum atomic E-state index is -4.42. The Morgan fingerprint density at radius 1 is 1.00 bits per heavy atom. The fourth-order valence-corrected chi connectivity index (χ4v) is 5.37. The quantitative estimate of drug-likeness (QED) is 0.104. The molecule has 3 aromatic carbocycles. The van der Waals surface area contributed by atoms with E-state index in [1.807, 2.05) is 41.3 Å². The van der Waals surface area contributed by atoms with Crippen LogP contribution < -0.4 is 22.1 Å². The molecule has 1 aliphatic heterocycles. The van der Waals surface area contributed by atoms with Gasteiger partial charge < -0.3 is 27.0 Å². The van der Waals surface area contributed by atoms with Crippen molar-refractivity contribution in [2.75, 3.05) is 26.2 Å². The second-order valence-electron chi connectivity index (χ2n) is 11.0. The summed E-state index contributed by atoms with van der Waals surface area (Å²) in [4.78, 5) is 32.4. The molecule has 45 heavy (non-hydrogen) atoms. The number of rotatable bonds is 12. The first kappa shape index (κ1) is 33.3. The molecule has 1 heterocycles. The molecule has 11 heteroatoms. The zero-order chi connectivity index (χ0) is 32.2. The molecule has 0 aliphatic carbocycles. The Morgan fingerprint density at radius 2 is 1.62 bits per heavy atom. The fourth-order valence-electron chi connectivity index (χ4n) is 5.37. The van der Waals surface area contributed by atoms with Gasteiger partial charge in [-0.25, -0.2) is 0 Å². The second kappa shape index (κ2) is 15.9. The minimum absolute atomic E-state index is 0.00437. The van der Waals surface area contributed by atoms with E-state index in [9.17, 15) is 22.8 Å². The summed E-state index contributed by atoms with van der Waals surface area (Å²) in [6.45, 7) is 1.64. The van der Waals surface area contributed by atoms with Gasteiger partial charge in [0.25, 0.3) is 0 Å². The van der Waals surface area contributed by atoms with Crippen molar-refractivity contribution in [1.29, 1.82) is 0 Å². The lowest BCUT2D eigenvalue weighted by atomic mass is 9.90. The van der Waals surface area contributed by atoms with Crippen LogP contribution in [-0.2, 0) is 15.8 Å². The fraction of sp³-hybridized carbons (Fsp3) is 0.324. The number of benzene rings is 3. The lowest BCUT2D eigenvalue weighted by molar-refractivity contribution is -0.137. The molecule has 0 saturated carbocycles. The maximum absolute atomic E-state index is 13.9. The summed E-state index contributed by atoms with van der Waals surface area (Å²) in [5.74, 6) is -0.435. The van der Waals surface area contributed by atoms with E-state index in [0.29, 0.717) is 44.5 Å². The molecule has 1 aliphatic rings. The molecule has 2 amide bonds. The van der Waals surface area contributed by atoms with E-state index in [4.69, 9.17) is 11.5 Å². The second-order valence-corrected chi connectivity index (χ2v) is 11.0. The van der Waals surface area contributed by atoms with Crippen LogP contribution >= 0.6 is 0 Å². The monoisotopic (exact) mass is 620 g/mol. The third-order valence-corrected chi connectivity index (χ3v) is 7.73. The summed E-state index contributed by atoms with van der Waals surface area (Å²) < 4.78 is 38.5. The van der Waals surface area contributed by atoms with Crippen LogP contribution in [-0.4, -0.2) is 60.9 Å². The molecule has 8 nitrogen and oxygen atoms in total. The standard InChI is InChI=1S/C34H39F3N6O2/c35-34(36,37)27-16-13-24(14-17-27)15-18-31(44)41-22-28-19-21-43(32(45)30(42-28)12-7-20-40-33(38)39)23-29(25-8-3-1-4-9-25)26-10-5-2-6-11-26/h1-6,8-11,13-18,28-30,42H,7,12,19-23H2,(H,41,44)(H4,38,39,40)/t28-,30-/m0/s1. The van der Waals surface area contributed by atoms with Crippen LogP contribution in [0.3, 0.4) is 0 Å². The van der Waals surface area contributed by atoms with E-state index < -0.39 is 17.8 Å². The first-order valence-corrected chi connectivity index (χ1v) is 14.9. The van der Waals surface area contributed by atoms with Crippen LogP contribution in [0.5, 0.6) is 0 Å². The minimum Gasteiger partial charge on any atom is -0.370 e.